The van der Waals surface area contributed by atoms with E-state index in [1.54, 1.807) is 4.52 Å². The fourth-order valence-electron chi connectivity index (χ4n) is 2.96. The van der Waals surface area contributed by atoms with Crippen LogP contribution in [0.1, 0.15) is 5.56 Å². The number of aliphatic hydroxyl groups excluding tert-OH is 1. The second kappa shape index (κ2) is 7.49. The highest BCUT2D eigenvalue weighted by atomic mass is 32.1. The van der Waals surface area contributed by atoms with Gasteiger partial charge in [-0.15, -0.1) is 5.10 Å². The molecule has 0 bridgehead atoms. The second-order valence-electron chi connectivity index (χ2n) is 5.96. The summed E-state index contributed by atoms with van der Waals surface area (Å²) in [5, 5.41) is 18.3. The first-order chi connectivity index (χ1) is 12.3. The smallest absolute Gasteiger partial charge is 0.214 e. The molecule has 0 spiro atoms. The van der Waals surface area contributed by atoms with Crippen LogP contribution in [0.2, 0.25) is 0 Å². The molecule has 1 aliphatic heterocycles. The maximum absolute atomic E-state index is 9.48. The van der Waals surface area contributed by atoms with Crippen LogP contribution in [0.4, 0.5) is 5.13 Å². The third-order valence-electron chi connectivity index (χ3n) is 4.31. The van der Waals surface area contributed by atoms with Gasteiger partial charge in [-0.2, -0.15) is 0 Å². The number of nitrogens with one attached hydrogen (secondary N) is 1. The van der Waals surface area contributed by atoms with E-state index in [0.29, 0.717) is 0 Å². The predicted molar refractivity (Wildman–Crippen MR) is 98.0 cm³/mol. The molecule has 0 atom stereocenters. The van der Waals surface area contributed by atoms with Gasteiger partial charge in [-0.1, -0.05) is 35.6 Å². The van der Waals surface area contributed by atoms with Crippen LogP contribution < -0.4 is 5.32 Å². The summed E-state index contributed by atoms with van der Waals surface area (Å²) in [4.78, 5) is 7.88. The molecule has 25 heavy (non-hydrogen) atoms. The van der Waals surface area contributed by atoms with E-state index in [0.717, 1.165) is 66.3 Å². The molecule has 2 N–H and O–H groups in total. The van der Waals surface area contributed by atoms with E-state index in [4.69, 9.17) is 4.74 Å². The van der Waals surface area contributed by atoms with E-state index in [1.165, 1.54) is 11.3 Å². The van der Waals surface area contributed by atoms with Crippen molar-refractivity contribution in [2.45, 2.75) is 6.61 Å². The Bertz CT molecular complexity index is 809. The Morgan fingerprint density at radius 1 is 1.24 bits per heavy atom. The lowest BCUT2D eigenvalue weighted by Crippen LogP contribution is -2.39. The van der Waals surface area contributed by atoms with Crippen molar-refractivity contribution in [2.24, 2.45) is 0 Å². The van der Waals surface area contributed by atoms with E-state index >= 15 is 0 Å². The summed E-state index contributed by atoms with van der Waals surface area (Å²) in [6.07, 6.45) is 1.91. The molecular formula is C17H21N5O2S. The van der Waals surface area contributed by atoms with Gasteiger partial charge in [0, 0.05) is 31.7 Å². The summed E-state index contributed by atoms with van der Waals surface area (Å²) in [7, 11) is 0. The lowest BCUT2D eigenvalue weighted by molar-refractivity contribution is 0.0398. The molecule has 3 heterocycles. The number of imidazole rings is 1. The minimum absolute atomic E-state index is 0.00310. The lowest BCUT2D eigenvalue weighted by Gasteiger charge is -2.26. The van der Waals surface area contributed by atoms with Gasteiger partial charge in [-0.3, -0.25) is 4.90 Å². The van der Waals surface area contributed by atoms with Crippen LogP contribution >= 0.6 is 11.3 Å². The molecular weight excluding hydrogens is 338 g/mol. The molecule has 4 rings (SSSR count). The van der Waals surface area contributed by atoms with E-state index < -0.39 is 0 Å². The fraction of sp³-hybridized carbons (Fsp3) is 0.412. The van der Waals surface area contributed by atoms with Crippen LogP contribution in [0.3, 0.4) is 0 Å². The minimum Gasteiger partial charge on any atom is -0.392 e. The van der Waals surface area contributed by atoms with Crippen LogP contribution in [0.25, 0.3) is 16.2 Å². The first-order valence-corrected chi connectivity index (χ1v) is 9.24. The molecule has 0 unspecified atom stereocenters. The number of nitrogens with zero attached hydrogens (tertiary/aromatic N) is 4. The summed E-state index contributed by atoms with van der Waals surface area (Å²) in [6.45, 7) is 5.49. The molecule has 1 fully saturated rings. The Morgan fingerprint density at radius 2 is 2.08 bits per heavy atom. The standard InChI is InChI=1S/C17H21N5O2S/c23-12-13-3-1-2-4-14(13)15-11-22-17(19-15)25-16(20-22)18-5-6-21-7-9-24-10-8-21/h1-4,11,23H,5-10,12H2,(H,18,20). The molecule has 132 valence electrons. The normalized spacial score (nSPS) is 15.7. The maximum atomic E-state index is 9.48. The molecule has 1 aliphatic rings. The lowest BCUT2D eigenvalue weighted by atomic mass is 10.1. The monoisotopic (exact) mass is 359 g/mol. The fourth-order valence-corrected chi connectivity index (χ4v) is 3.76. The van der Waals surface area contributed by atoms with Crippen molar-refractivity contribution in [1.82, 2.24) is 19.5 Å². The van der Waals surface area contributed by atoms with E-state index in [2.05, 4.69) is 20.3 Å². The van der Waals surface area contributed by atoms with E-state index in [-0.39, 0.29) is 6.61 Å². The minimum atomic E-state index is 0.00310. The van der Waals surface area contributed by atoms with Gasteiger partial charge in [0.2, 0.25) is 10.1 Å². The summed E-state index contributed by atoms with van der Waals surface area (Å²) in [5.41, 5.74) is 2.66. The number of aliphatic hydroxyl groups is 1. The highest BCUT2D eigenvalue weighted by molar-refractivity contribution is 7.20. The van der Waals surface area contributed by atoms with Crippen LogP contribution in [0.5, 0.6) is 0 Å². The van der Waals surface area contributed by atoms with Gasteiger partial charge in [-0.05, 0) is 5.56 Å². The summed E-state index contributed by atoms with van der Waals surface area (Å²) >= 11 is 1.54. The number of morpholine rings is 1. The highest BCUT2D eigenvalue weighted by Crippen LogP contribution is 2.26. The van der Waals surface area contributed by atoms with Crippen molar-refractivity contribution < 1.29 is 9.84 Å². The van der Waals surface area contributed by atoms with Gasteiger partial charge >= 0.3 is 0 Å². The third-order valence-corrected chi connectivity index (χ3v) is 5.20. The zero-order chi connectivity index (χ0) is 17.1. The van der Waals surface area contributed by atoms with Crippen LogP contribution in [-0.2, 0) is 11.3 Å². The van der Waals surface area contributed by atoms with Crippen molar-refractivity contribution in [1.29, 1.82) is 0 Å². The number of rotatable bonds is 6. The molecule has 3 aromatic rings. The number of aromatic nitrogens is 3. The highest BCUT2D eigenvalue weighted by Gasteiger charge is 2.13. The average molecular weight is 359 g/mol. The van der Waals surface area contributed by atoms with Crippen molar-refractivity contribution >= 4 is 21.4 Å². The van der Waals surface area contributed by atoms with Crippen molar-refractivity contribution in [2.75, 3.05) is 44.7 Å². The quantitative estimate of drug-likeness (QED) is 0.698. The Kier molecular flexibility index (Phi) is 4.93. The molecule has 1 aromatic carbocycles. The summed E-state index contributed by atoms with van der Waals surface area (Å²) in [5.74, 6) is 0. The van der Waals surface area contributed by atoms with Crippen LogP contribution in [0.15, 0.2) is 30.5 Å². The Hall–Kier alpha value is -2.00. The molecule has 8 heteroatoms. The van der Waals surface area contributed by atoms with Gasteiger partial charge < -0.3 is 15.2 Å². The van der Waals surface area contributed by atoms with Gasteiger partial charge in [0.25, 0.3) is 0 Å². The van der Waals surface area contributed by atoms with Crippen molar-refractivity contribution in [3.05, 3.63) is 36.0 Å². The molecule has 0 aliphatic carbocycles. The Balaban J connectivity index is 1.42. The summed E-state index contributed by atoms with van der Waals surface area (Å²) in [6, 6.07) is 7.75. The number of anilines is 1. The second-order valence-corrected chi connectivity index (χ2v) is 6.91. The molecule has 0 radical (unpaired) electrons. The molecule has 0 amide bonds. The SMILES string of the molecule is OCc1ccccc1-c1cn2nc(NCCN3CCOCC3)sc2n1. The van der Waals surface area contributed by atoms with Gasteiger partial charge in [-0.25, -0.2) is 9.50 Å². The zero-order valence-corrected chi connectivity index (χ0v) is 14.7. The van der Waals surface area contributed by atoms with Crippen LogP contribution in [-0.4, -0.2) is 64.0 Å². The number of hydrogen-bond acceptors (Lipinski definition) is 7. The maximum Gasteiger partial charge on any atom is 0.214 e. The van der Waals surface area contributed by atoms with E-state index in [1.807, 2.05) is 30.5 Å². The predicted octanol–water partition coefficient (Wildman–Crippen LogP) is 1.69. The number of fused-ring (bicyclic) bond motifs is 1. The topological polar surface area (TPSA) is 74.9 Å². The molecule has 2 aromatic heterocycles. The first kappa shape index (κ1) is 16.5. The third kappa shape index (κ3) is 3.67. The summed E-state index contributed by atoms with van der Waals surface area (Å²) < 4.78 is 7.16. The largest absolute Gasteiger partial charge is 0.392 e. The average Bonchev–Trinajstić information content (AvgIpc) is 3.21. The van der Waals surface area contributed by atoms with Gasteiger partial charge in [0.15, 0.2) is 0 Å². The Labute approximate surface area is 149 Å². The van der Waals surface area contributed by atoms with Crippen LogP contribution in [0, 0.1) is 0 Å². The van der Waals surface area contributed by atoms with Gasteiger partial charge in [0.1, 0.15) is 0 Å². The number of ether oxygens (including phenoxy) is 1. The van der Waals surface area contributed by atoms with Gasteiger partial charge in [0.05, 0.1) is 31.7 Å². The molecule has 0 saturated carbocycles. The first-order valence-electron chi connectivity index (χ1n) is 8.43. The van der Waals surface area contributed by atoms with Crippen molar-refractivity contribution in [3.63, 3.8) is 0 Å². The molecule has 7 nitrogen and oxygen atoms in total. The van der Waals surface area contributed by atoms with Crippen molar-refractivity contribution in [3.8, 4) is 11.3 Å². The van der Waals surface area contributed by atoms with E-state index in [9.17, 15) is 5.11 Å². The number of hydrogen-bond donors (Lipinski definition) is 2. The zero-order valence-electron chi connectivity index (χ0n) is 13.9. The Morgan fingerprint density at radius 3 is 2.88 bits per heavy atom. The molecule has 1 saturated heterocycles. The number of benzene rings is 1.